The molecule has 1 heterocycles. The van der Waals surface area contributed by atoms with Crippen LogP contribution < -0.4 is 15.0 Å². The first kappa shape index (κ1) is 16.8. The normalized spacial score (nSPS) is 12.7. The molecule has 0 unspecified atom stereocenters. The molecule has 2 amide bonds. The molecular formula is C18H17IN2O3. The Labute approximate surface area is 154 Å². The maximum atomic E-state index is 12.0. The Hall–Kier alpha value is -2.09. The third-order valence-corrected chi connectivity index (χ3v) is 4.54. The van der Waals surface area contributed by atoms with E-state index in [2.05, 4.69) is 27.9 Å². The molecule has 0 saturated heterocycles. The number of carbonyl (C=O) groups excluding carboxylic acids is 2. The Morgan fingerprint density at radius 2 is 1.96 bits per heavy atom. The van der Waals surface area contributed by atoms with E-state index >= 15 is 0 Å². The molecular weight excluding hydrogens is 419 g/mol. The minimum atomic E-state index is -0.213. The second kappa shape index (κ2) is 7.21. The van der Waals surface area contributed by atoms with Crippen LogP contribution in [0, 0.1) is 3.57 Å². The van der Waals surface area contributed by atoms with Crippen molar-refractivity contribution in [2.75, 3.05) is 23.4 Å². The summed E-state index contributed by atoms with van der Waals surface area (Å²) in [6.45, 7) is 2.21. The van der Waals surface area contributed by atoms with E-state index in [9.17, 15) is 9.59 Å². The number of anilines is 2. The number of benzene rings is 2. The van der Waals surface area contributed by atoms with E-state index in [0.29, 0.717) is 12.3 Å². The van der Waals surface area contributed by atoms with E-state index < -0.39 is 0 Å². The van der Waals surface area contributed by atoms with Crippen molar-refractivity contribution in [2.45, 2.75) is 13.3 Å². The van der Waals surface area contributed by atoms with Crippen LogP contribution in [0.2, 0.25) is 0 Å². The van der Waals surface area contributed by atoms with Crippen LogP contribution in [-0.2, 0) is 16.0 Å². The van der Waals surface area contributed by atoms with E-state index in [1.165, 1.54) is 0 Å². The average Bonchev–Trinajstić information content (AvgIpc) is 2.97. The lowest BCUT2D eigenvalue weighted by atomic mass is 10.1. The summed E-state index contributed by atoms with van der Waals surface area (Å²) in [5.74, 6) is 0.489. The minimum Gasteiger partial charge on any atom is -0.484 e. The largest absolute Gasteiger partial charge is 0.484 e. The van der Waals surface area contributed by atoms with Crippen LogP contribution in [0.25, 0.3) is 0 Å². The summed E-state index contributed by atoms with van der Waals surface area (Å²) in [5, 5.41) is 2.83. The first-order valence-electron chi connectivity index (χ1n) is 7.62. The number of amides is 2. The summed E-state index contributed by atoms with van der Waals surface area (Å²) in [7, 11) is 0. The summed E-state index contributed by atoms with van der Waals surface area (Å²) in [5.41, 5.74) is 2.72. The van der Waals surface area contributed by atoms with Crippen LogP contribution in [-0.4, -0.2) is 25.0 Å². The highest BCUT2D eigenvalue weighted by Crippen LogP contribution is 2.30. The van der Waals surface area contributed by atoms with Crippen molar-refractivity contribution < 1.29 is 14.3 Å². The third-order valence-electron chi connectivity index (χ3n) is 3.82. The molecule has 24 heavy (non-hydrogen) atoms. The SMILES string of the molecule is CC(=O)N1CCc2cc(NC(=O)COc3ccc(I)cc3)ccc21. The summed E-state index contributed by atoms with van der Waals surface area (Å²) >= 11 is 2.21. The summed E-state index contributed by atoms with van der Waals surface area (Å²) in [6, 6.07) is 13.1. The van der Waals surface area contributed by atoms with E-state index in [0.717, 1.165) is 26.9 Å². The number of ether oxygens (including phenoxy) is 1. The maximum absolute atomic E-state index is 12.0. The smallest absolute Gasteiger partial charge is 0.262 e. The van der Waals surface area contributed by atoms with Gasteiger partial charge < -0.3 is 15.0 Å². The first-order valence-corrected chi connectivity index (χ1v) is 8.70. The molecule has 0 spiro atoms. The summed E-state index contributed by atoms with van der Waals surface area (Å²) in [4.78, 5) is 25.3. The predicted octanol–water partition coefficient (Wildman–Crippen LogP) is 3.22. The van der Waals surface area contributed by atoms with Crippen molar-refractivity contribution in [1.29, 1.82) is 0 Å². The molecule has 3 rings (SSSR count). The summed E-state index contributed by atoms with van der Waals surface area (Å²) < 4.78 is 6.58. The van der Waals surface area contributed by atoms with Gasteiger partial charge in [-0.05, 0) is 77.0 Å². The lowest BCUT2D eigenvalue weighted by molar-refractivity contribution is -0.118. The number of fused-ring (bicyclic) bond motifs is 1. The van der Waals surface area contributed by atoms with Gasteiger partial charge in [-0.15, -0.1) is 0 Å². The van der Waals surface area contributed by atoms with Gasteiger partial charge in [-0.1, -0.05) is 0 Å². The molecule has 5 nitrogen and oxygen atoms in total. The monoisotopic (exact) mass is 436 g/mol. The molecule has 1 aliphatic heterocycles. The molecule has 124 valence electrons. The number of nitrogens with one attached hydrogen (secondary N) is 1. The molecule has 1 aliphatic rings. The highest BCUT2D eigenvalue weighted by Gasteiger charge is 2.22. The van der Waals surface area contributed by atoms with Gasteiger partial charge in [0.2, 0.25) is 5.91 Å². The van der Waals surface area contributed by atoms with Gasteiger partial charge in [-0.25, -0.2) is 0 Å². The van der Waals surface area contributed by atoms with Crippen molar-refractivity contribution in [1.82, 2.24) is 0 Å². The van der Waals surface area contributed by atoms with Crippen molar-refractivity contribution in [3.8, 4) is 5.75 Å². The zero-order chi connectivity index (χ0) is 17.1. The predicted molar refractivity (Wildman–Crippen MR) is 101 cm³/mol. The number of hydrogen-bond donors (Lipinski definition) is 1. The number of nitrogens with zero attached hydrogens (tertiary/aromatic N) is 1. The number of carbonyl (C=O) groups is 2. The first-order chi connectivity index (χ1) is 11.5. The Kier molecular flexibility index (Phi) is 5.03. The van der Waals surface area contributed by atoms with Crippen molar-refractivity contribution >= 4 is 45.8 Å². The number of halogens is 1. The van der Waals surface area contributed by atoms with Crippen LogP contribution in [0.1, 0.15) is 12.5 Å². The van der Waals surface area contributed by atoms with Crippen LogP contribution in [0.15, 0.2) is 42.5 Å². The van der Waals surface area contributed by atoms with Gasteiger partial charge in [0.05, 0.1) is 0 Å². The second-order valence-corrected chi connectivity index (χ2v) is 6.80. The molecule has 2 aromatic carbocycles. The van der Waals surface area contributed by atoms with Gasteiger partial charge in [0.1, 0.15) is 5.75 Å². The molecule has 0 aromatic heterocycles. The Balaban J connectivity index is 1.59. The number of rotatable bonds is 4. The van der Waals surface area contributed by atoms with E-state index in [4.69, 9.17) is 4.74 Å². The molecule has 1 N–H and O–H groups in total. The standard InChI is InChI=1S/C18H17IN2O3/c1-12(22)21-9-8-13-10-15(4-7-17(13)21)20-18(23)11-24-16-5-2-14(19)3-6-16/h2-7,10H,8-9,11H2,1H3,(H,20,23). The molecule has 0 bridgehead atoms. The van der Waals surface area contributed by atoms with E-state index in [1.54, 1.807) is 11.8 Å². The maximum Gasteiger partial charge on any atom is 0.262 e. The van der Waals surface area contributed by atoms with Gasteiger partial charge in [-0.3, -0.25) is 9.59 Å². The Morgan fingerprint density at radius 1 is 1.21 bits per heavy atom. The zero-order valence-corrected chi connectivity index (χ0v) is 15.4. The lowest BCUT2D eigenvalue weighted by Crippen LogP contribution is -2.25. The van der Waals surface area contributed by atoms with Gasteiger partial charge in [0.15, 0.2) is 6.61 Å². The van der Waals surface area contributed by atoms with Gasteiger partial charge in [0.25, 0.3) is 5.91 Å². The summed E-state index contributed by atoms with van der Waals surface area (Å²) in [6.07, 6.45) is 0.803. The van der Waals surface area contributed by atoms with Crippen molar-refractivity contribution in [3.63, 3.8) is 0 Å². The average molecular weight is 436 g/mol. The highest BCUT2D eigenvalue weighted by molar-refractivity contribution is 14.1. The highest BCUT2D eigenvalue weighted by atomic mass is 127. The minimum absolute atomic E-state index is 0.0384. The van der Waals surface area contributed by atoms with Crippen molar-refractivity contribution in [3.05, 3.63) is 51.6 Å². The molecule has 0 fully saturated rings. The van der Waals surface area contributed by atoms with E-state index in [-0.39, 0.29) is 18.4 Å². The van der Waals surface area contributed by atoms with Gasteiger partial charge >= 0.3 is 0 Å². The third kappa shape index (κ3) is 3.87. The molecule has 0 saturated carbocycles. The fourth-order valence-corrected chi connectivity index (χ4v) is 3.04. The molecule has 0 atom stereocenters. The number of hydrogen-bond acceptors (Lipinski definition) is 3. The molecule has 6 heteroatoms. The van der Waals surface area contributed by atoms with Crippen LogP contribution in [0.4, 0.5) is 11.4 Å². The second-order valence-electron chi connectivity index (χ2n) is 5.55. The fourth-order valence-electron chi connectivity index (χ4n) is 2.68. The molecule has 0 radical (unpaired) electrons. The van der Waals surface area contributed by atoms with E-state index in [1.807, 2.05) is 42.5 Å². The quantitative estimate of drug-likeness (QED) is 0.750. The van der Waals surface area contributed by atoms with Gasteiger partial charge in [-0.2, -0.15) is 0 Å². The van der Waals surface area contributed by atoms with Crippen LogP contribution in [0.3, 0.4) is 0 Å². The van der Waals surface area contributed by atoms with Crippen molar-refractivity contribution in [2.24, 2.45) is 0 Å². The topological polar surface area (TPSA) is 58.6 Å². The van der Waals surface area contributed by atoms with Crippen LogP contribution >= 0.6 is 22.6 Å². The van der Waals surface area contributed by atoms with Crippen LogP contribution in [0.5, 0.6) is 5.75 Å². The molecule has 2 aromatic rings. The molecule has 0 aliphatic carbocycles. The Morgan fingerprint density at radius 3 is 2.67 bits per heavy atom. The Bertz CT molecular complexity index is 774. The fraction of sp³-hybridized carbons (Fsp3) is 0.222. The van der Waals surface area contributed by atoms with Gasteiger partial charge in [0, 0.05) is 28.4 Å². The lowest BCUT2D eigenvalue weighted by Gasteiger charge is -2.15. The zero-order valence-electron chi connectivity index (χ0n) is 13.2.